The van der Waals surface area contributed by atoms with Gasteiger partial charge in [0.15, 0.2) is 5.76 Å². The fourth-order valence-corrected chi connectivity index (χ4v) is 3.79. The van der Waals surface area contributed by atoms with Crippen LogP contribution < -0.4 is 0 Å². The van der Waals surface area contributed by atoms with Gasteiger partial charge in [-0.3, -0.25) is 9.59 Å². The van der Waals surface area contributed by atoms with E-state index in [-0.39, 0.29) is 23.6 Å². The monoisotopic (exact) mass is 422 g/mol. The maximum atomic E-state index is 13.3. The fraction of sp³-hybridized carbons (Fsp3) is 0.292. The Morgan fingerprint density at radius 2 is 1.97 bits per heavy atom. The predicted molar refractivity (Wildman–Crippen MR) is 113 cm³/mol. The number of halogens is 1. The highest BCUT2D eigenvalue weighted by molar-refractivity contribution is 6.00. The molecular weight excluding hydrogens is 399 g/mol. The van der Waals surface area contributed by atoms with Crippen molar-refractivity contribution in [3.8, 4) is 22.8 Å². The van der Waals surface area contributed by atoms with Crippen LogP contribution in [-0.2, 0) is 9.53 Å². The van der Waals surface area contributed by atoms with Crippen molar-refractivity contribution in [1.82, 2.24) is 9.88 Å². The number of benzene rings is 2. The molecule has 0 saturated carbocycles. The van der Waals surface area contributed by atoms with Gasteiger partial charge in [0.2, 0.25) is 5.89 Å². The molecule has 0 radical (unpaired) electrons. The quantitative estimate of drug-likeness (QED) is 0.564. The normalized spacial score (nSPS) is 16.2. The third kappa shape index (κ3) is 4.50. The van der Waals surface area contributed by atoms with Gasteiger partial charge in [-0.15, -0.1) is 0 Å². The van der Waals surface area contributed by atoms with Crippen molar-refractivity contribution in [1.29, 1.82) is 0 Å². The Bertz CT molecular complexity index is 1080. The molecule has 6 nitrogen and oxygen atoms in total. The smallest absolute Gasteiger partial charge is 0.310 e. The van der Waals surface area contributed by atoms with Crippen LogP contribution in [0.15, 0.2) is 59.1 Å². The van der Waals surface area contributed by atoms with Gasteiger partial charge >= 0.3 is 5.97 Å². The Balaban J connectivity index is 1.58. The molecule has 4 rings (SSSR count). The maximum Gasteiger partial charge on any atom is 0.310 e. The summed E-state index contributed by atoms with van der Waals surface area (Å²) in [6.45, 7) is 3.01. The lowest BCUT2D eigenvalue weighted by molar-refractivity contribution is -0.149. The largest absolute Gasteiger partial charge is 0.466 e. The molecule has 1 saturated heterocycles. The number of rotatable bonds is 5. The van der Waals surface area contributed by atoms with Crippen molar-refractivity contribution >= 4 is 11.9 Å². The van der Waals surface area contributed by atoms with E-state index in [0.29, 0.717) is 54.5 Å². The summed E-state index contributed by atoms with van der Waals surface area (Å²) in [5, 5.41) is 0. The van der Waals surface area contributed by atoms with E-state index in [2.05, 4.69) is 4.98 Å². The summed E-state index contributed by atoms with van der Waals surface area (Å²) in [6, 6.07) is 13.0. The van der Waals surface area contributed by atoms with Crippen LogP contribution in [0.1, 0.15) is 30.1 Å². The minimum absolute atomic E-state index is 0.175. The number of nitrogens with zero attached hydrogens (tertiary/aromatic N) is 2. The minimum atomic E-state index is -0.331. The van der Waals surface area contributed by atoms with E-state index in [9.17, 15) is 14.0 Å². The van der Waals surface area contributed by atoms with E-state index in [0.717, 1.165) is 6.42 Å². The number of oxazole rings is 1. The topological polar surface area (TPSA) is 72.6 Å². The van der Waals surface area contributed by atoms with Gasteiger partial charge in [-0.25, -0.2) is 9.37 Å². The van der Waals surface area contributed by atoms with Crippen molar-refractivity contribution in [2.45, 2.75) is 19.8 Å². The second kappa shape index (κ2) is 9.12. The highest BCUT2D eigenvalue weighted by atomic mass is 19.1. The number of hydrogen-bond acceptors (Lipinski definition) is 5. The van der Waals surface area contributed by atoms with Crippen molar-refractivity contribution in [3.63, 3.8) is 0 Å². The van der Waals surface area contributed by atoms with Gasteiger partial charge in [-0.1, -0.05) is 12.1 Å². The predicted octanol–water partition coefficient (Wildman–Crippen LogP) is 4.56. The zero-order valence-electron chi connectivity index (χ0n) is 17.2. The first kappa shape index (κ1) is 20.8. The first-order chi connectivity index (χ1) is 15.1. The van der Waals surface area contributed by atoms with E-state index in [4.69, 9.17) is 9.15 Å². The molecule has 0 spiro atoms. The Morgan fingerprint density at radius 1 is 1.19 bits per heavy atom. The number of esters is 1. The van der Waals surface area contributed by atoms with Crippen LogP contribution >= 0.6 is 0 Å². The Labute approximate surface area is 179 Å². The molecule has 1 amide bonds. The second-order valence-electron chi connectivity index (χ2n) is 7.42. The van der Waals surface area contributed by atoms with E-state index >= 15 is 0 Å². The standard InChI is InChI=1S/C24H23FN2O4/c1-2-30-24(29)17-6-5-13-27(15-17)23(28)20-8-4-3-7-19(20)22-26-14-21(31-22)16-9-11-18(25)12-10-16/h3-4,7-12,14,17H,2,5-6,13,15H2,1H3. The molecule has 0 N–H and O–H groups in total. The third-order valence-electron chi connectivity index (χ3n) is 5.35. The highest BCUT2D eigenvalue weighted by Crippen LogP contribution is 2.30. The van der Waals surface area contributed by atoms with Crippen LogP contribution in [0, 0.1) is 11.7 Å². The molecule has 0 bridgehead atoms. The Hall–Kier alpha value is -3.48. The number of hydrogen-bond donors (Lipinski definition) is 0. The van der Waals surface area contributed by atoms with Crippen molar-refractivity contribution < 1.29 is 23.1 Å². The molecule has 7 heteroatoms. The lowest BCUT2D eigenvalue weighted by Gasteiger charge is -2.31. The number of likely N-dealkylation sites (tertiary alicyclic amines) is 1. The summed E-state index contributed by atoms with van der Waals surface area (Å²) in [5.74, 6) is -0.283. The number of carbonyl (C=O) groups is 2. The Morgan fingerprint density at radius 3 is 2.74 bits per heavy atom. The lowest BCUT2D eigenvalue weighted by atomic mass is 9.96. The van der Waals surface area contributed by atoms with E-state index in [1.54, 1.807) is 48.4 Å². The molecule has 2 aromatic carbocycles. The number of piperidine rings is 1. The molecule has 160 valence electrons. The van der Waals surface area contributed by atoms with Gasteiger partial charge in [-0.2, -0.15) is 0 Å². The molecule has 0 aliphatic carbocycles. The Kier molecular flexibility index (Phi) is 6.11. The molecule has 31 heavy (non-hydrogen) atoms. The van der Waals surface area contributed by atoms with Crippen molar-refractivity contribution in [2.75, 3.05) is 19.7 Å². The number of aromatic nitrogens is 1. The van der Waals surface area contributed by atoms with Crippen LogP contribution in [0.25, 0.3) is 22.8 Å². The average molecular weight is 422 g/mol. The summed E-state index contributed by atoms with van der Waals surface area (Å²) in [6.07, 6.45) is 3.01. The van der Waals surface area contributed by atoms with Gasteiger partial charge in [0.1, 0.15) is 5.82 Å². The van der Waals surface area contributed by atoms with Gasteiger partial charge in [0.05, 0.1) is 24.3 Å². The van der Waals surface area contributed by atoms with Crippen LogP contribution in [0.5, 0.6) is 0 Å². The summed E-state index contributed by atoms with van der Waals surface area (Å²) < 4.78 is 24.2. The zero-order valence-corrected chi connectivity index (χ0v) is 17.2. The SMILES string of the molecule is CCOC(=O)C1CCCN(C(=O)c2ccccc2-c2ncc(-c3ccc(F)cc3)o2)C1. The number of amides is 1. The molecule has 1 aliphatic heterocycles. The first-order valence-electron chi connectivity index (χ1n) is 10.3. The lowest BCUT2D eigenvalue weighted by Crippen LogP contribution is -2.43. The average Bonchev–Trinajstić information content (AvgIpc) is 3.29. The molecule has 2 heterocycles. The minimum Gasteiger partial charge on any atom is -0.466 e. The highest BCUT2D eigenvalue weighted by Gasteiger charge is 2.31. The molecule has 3 aromatic rings. The maximum absolute atomic E-state index is 13.3. The molecule has 1 aromatic heterocycles. The summed E-state index contributed by atoms with van der Waals surface area (Å²) in [5.41, 5.74) is 1.72. The van der Waals surface area contributed by atoms with Crippen LogP contribution in [-0.4, -0.2) is 41.5 Å². The third-order valence-corrected chi connectivity index (χ3v) is 5.35. The second-order valence-corrected chi connectivity index (χ2v) is 7.42. The summed E-state index contributed by atoms with van der Waals surface area (Å²) in [4.78, 5) is 31.5. The van der Waals surface area contributed by atoms with Crippen molar-refractivity contribution in [2.24, 2.45) is 5.92 Å². The van der Waals surface area contributed by atoms with Crippen LogP contribution in [0.2, 0.25) is 0 Å². The van der Waals surface area contributed by atoms with E-state index < -0.39 is 0 Å². The van der Waals surface area contributed by atoms with Crippen LogP contribution in [0.4, 0.5) is 4.39 Å². The van der Waals surface area contributed by atoms with Crippen molar-refractivity contribution in [3.05, 3.63) is 66.1 Å². The summed E-state index contributed by atoms with van der Waals surface area (Å²) >= 11 is 0. The first-order valence-corrected chi connectivity index (χ1v) is 10.3. The zero-order chi connectivity index (χ0) is 21.8. The molecule has 1 atom stereocenters. The fourth-order valence-electron chi connectivity index (χ4n) is 3.79. The van der Waals surface area contributed by atoms with Gasteiger partial charge in [0, 0.05) is 24.2 Å². The molecule has 1 fully saturated rings. The summed E-state index contributed by atoms with van der Waals surface area (Å²) in [7, 11) is 0. The van der Waals surface area contributed by atoms with E-state index in [1.165, 1.54) is 12.1 Å². The van der Waals surface area contributed by atoms with Gasteiger partial charge in [0.25, 0.3) is 5.91 Å². The number of carbonyl (C=O) groups excluding carboxylic acids is 2. The molecule has 1 unspecified atom stereocenters. The van der Waals surface area contributed by atoms with Gasteiger partial charge < -0.3 is 14.1 Å². The van der Waals surface area contributed by atoms with Crippen LogP contribution in [0.3, 0.4) is 0 Å². The van der Waals surface area contributed by atoms with Gasteiger partial charge in [-0.05, 0) is 56.2 Å². The molecule has 1 aliphatic rings. The number of ether oxygens (including phenoxy) is 1. The van der Waals surface area contributed by atoms with E-state index in [1.807, 2.05) is 6.07 Å². The molecular formula is C24H23FN2O4.